The van der Waals surface area contributed by atoms with E-state index in [9.17, 15) is 4.39 Å². The SMILES string of the molecule is CCc1noc(COC2CN(Cc3ccc(F)cc3Cl)C2)n1. The predicted octanol–water partition coefficient (Wildman–Crippen LogP) is 2.83. The minimum atomic E-state index is -0.315. The Hall–Kier alpha value is -1.50. The maximum atomic E-state index is 13.0. The van der Waals surface area contributed by atoms with E-state index >= 15 is 0 Å². The Bertz CT molecular complexity index is 643. The molecule has 0 amide bonds. The van der Waals surface area contributed by atoms with Crippen LogP contribution in [0, 0.1) is 5.82 Å². The van der Waals surface area contributed by atoms with Crippen LogP contribution in [-0.4, -0.2) is 34.2 Å². The van der Waals surface area contributed by atoms with Crippen LogP contribution in [0.15, 0.2) is 22.7 Å². The zero-order valence-electron chi connectivity index (χ0n) is 12.3. The van der Waals surface area contributed by atoms with Gasteiger partial charge in [-0.1, -0.05) is 29.7 Å². The third kappa shape index (κ3) is 3.63. The van der Waals surface area contributed by atoms with Crippen molar-refractivity contribution in [1.82, 2.24) is 15.0 Å². The number of likely N-dealkylation sites (tertiary alicyclic amines) is 1. The molecule has 22 heavy (non-hydrogen) atoms. The van der Waals surface area contributed by atoms with Gasteiger partial charge in [0.15, 0.2) is 5.82 Å². The fourth-order valence-electron chi connectivity index (χ4n) is 2.33. The summed E-state index contributed by atoms with van der Waals surface area (Å²) in [6, 6.07) is 4.48. The zero-order valence-corrected chi connectivity index (χ0v) is 13.0. The summed E-state index contributed by atoms with van der Waals surface area (Å²) in [5, 5.41) is 4.28. The molecule has 1 aliphatic heterocycles. The number of hydrogen-bond donors (Lipinski definition) is 0. The molecule has 0 bridgehead atoms. The lowest BCUT2D eigenvalue weighted by Crippen LogP contribution is -2.51. The Morgan fingerprint density at radius 1 is 1.45 bits per heavy atom. The standard InChI is InChI=1S/C15H17ClFN3O2/c1-2-14-18-15(22-19-14)9-21-12-7-20(8-12)6-10-3-4-11(17)5-13(10)16/h3-5,12H,2,6-9H2,1H3. The van der Waals surface area contributed by atoms with Crippen molar-refractivity contribution in [3.8, 4) is 0 Å². The summed E-state index contributed by atoms with van der Waals surface area (Å²) in [7, 11) is 0. The van der Waals surface area contributed by atoms with Gasteiger partial charge in [-0.3, -0.25) is 4.90 Å². The average Bonchev–Trinajstić information content (AvgIpc) is 2.91. The lowest BCUT2D eigenvalue weighted by molar-refractivity contribution is -0.0721. The van der Waals surface area contributed by atoms with Crippen molar-refractivity contribution in [1.29, 1.82) is 0 Å². The number of benzene rings is 1. The number of aryl methyl sites for hydroxylation is 1. The molecule has 0 saturated carbocycles. The Kier molecular flexibility index (Phi) is 4.71. The lowest BCUT2D eigenvalue weighted by atomic mass is 10.1. The first-order chi connectivity index (χ1) is 10.6. The average molecular weight is 326 g/mol. The molecule has 0 aliphatic carbocycles. The van der Waals surface area contributed by atoms with E-state index in [-0.39, 0.29) is 11.9 Å². The van der Waals surface area contributed by atoms with Crippen molar-refractivity contribution in [2.24, 2.45) is 0 Å². The highest BCUT2D eigenvalue weighted by molar-refractivity contribution is 6.31. The van der Waals surface area contributed by atoms with Gasteiger partial charge in [-0.2, -0.15) is 4.98 Å². The van der Waals surface area contributed by atoms with Gasteiger partial charge in [-0.15, -0.1) is 0 Å². The van der Waals surface area contributed by atoms with Crippen LogP contribution in [0.4, 0.5) is 4.39 Å². The van der Waals surface area contributed by atoms with Crippen molar-refractivity contribution in [3.05, 3.63) is 46.3 Å². The molecule has 1 saturated heterocycles. The van der Waals surface area contributed by atoms with Gasteiger partial charge in [-0.05, 0) is 17.7 Å². The van der Waals surface area contributed by atoms with Gasteiger partial charge in [0.2, 0.25) is 0 Å². The first-order valence-corrected chi connectivity index (χ1v) is 7.61. The van der Waals surface area contributed by atoms with Crippen LogP contribution in [-0.2, 0) is 24.3 Å². The molecule has 5 nitrogen and oxygen atoms in total. The molecule has 1 aromatic carbocycles. The molecule has 3 rings (SSSR count). The number of aromatic nitrogens is 2. The molecule has 0 radical (unpaired) electrons. The van der Waals surface area contributed by atoms with Crippen LogP contribution >= 0.6 is 11.6 Å². The van der Waals surface area contributed by atoms with Crippen molar-refractivity contribution in [3.63, 3.8) is 0 Å². The second kappa shape index (κ2) is 6.73. The number of ether oxygens (including phenoxy) is 1. The maximum Gasteiger partial charge on any atom is 0.252 e. The van der Waals surface area contributed by atoms with Crippen LogP contribution in [0.3, 0.4) is 0 Å². The molecule has 1 aliphatic rings. The van der Waals surface area contributed by atoms with Crippen molar-refractivity contribution in [2.75, 3.05) is 13.1 Å². The molecule has 1 fully saturated rings. The summed E-state index contributed by atoms with van der Waals surface area (Å²) < 4.78 is 23.8. The third-order valence-corrected chi connectivity index (χ3v) is 3.95. The largest absolute Gasteiger partial charge is 0.366 e. The smallest absolute Gasteiger partial charge is 0.252 e. The minimum Gasteiger partial charge on any atom is -0.366 e. The molecular formula is C15H17ClFN3O2. The number of rotatable bonds is 6. The highest BCUT2D eigenvalue weighted by atomic mass is 35.5. The molecular weight excluding hydrogens is 309 g/mol. The van der Waals surface area contributed by atoms with Crippen LogP contribution in [0.1, 0.15) is 24.2 Å². The number of hydrogen-bond acceptors (Lipinski definition) is 5. The molecule has 0 N–H and O–H groups in total. The minimum absolute atomic E-state index is 0.149. The van der Waals surface area contributed by atoms with E-state index in [1.165, 1.54) is 12.1 Å². The van der Waals surface area contributed by atoms with E-state index in [1.807, 2.05) is 6.92 Å². The fraction of sp³-hybridized carbons (Fsp3) is 0.467. The van der Waals surface area contributed by atoms with Gasteiger partial charge in [0.25, 0.3) is 5.89 Å². The molecule has 2 aromatic rings. The third-order valence-electron chi connectivity index (χ3n) is 3.60. The Balaban J connectivity index is 1.42. The topological polar surface area (TPSA) is 51.4 Å². The second-order valence-electron chi connectivity index (χ2n) is 5.32. The van der Waals surface area contributed by atoms with Gasteiger partial charge in [0.1, 0.15) is 12.4 Å². The second-order valence-corrected chi connectivity index (χ2v) is 5.73. The summed E-state index contributed by atoms with van der Waals surface area (Å²) in [6.45, 7) is 4.62. The van der Waals surface area contributed by atoms with Crippen molar-refractivity contribution >= 4 is 11.6 Å². The highest BCUT2D eigenvalue weighted by Gasteiger charge is 2.28. The summed E-state index contributed by atoms with van der Waals surface area (Å²) >= 11 is 6.02. The molecule has 7 heteroatoms. The van der Waals surface area contributed by atoms with E-state index in [2.05, 4.69) is 15.0 Å². The van der Waals surface area contributed by atoms with E-state index < -0.39 is 0 Å². The molecule has 2 heterocycles. The molecule has 0 unspecified atom stereocenters. The van der Waals surface area contributed by atoms with Crippen molar-refractivity contribution in [2.45, 2.75) is 32.6 Å². The van der Waals surface area contributed by atoms with Crippen molar-refractivity contribution < 1.29 is 13.7 Å². The fourth-order valence-corrected chi connectivity index (χ4v) is 2.56. The lowest BCUT2D eigenvalue weighted by Gasteiger charge is -2.38. The van der Waals surface area contributed by atoms with Gasteiger partial charge < -0.3 is 9.26 Å². The number of nitrogens with zero attached hydrogens (tertiary/aromatic N) is 3. The van der Waals surface area contributed by atoms with Crippen LogP contribution in [0.25, 0.3) is 0 Å². The summed E-state index contributed by atoms with van der Waals surface area (Å²) in [5.74, 6) is 0.890. The normalized spacial score (nSPS) is 16.0. The Morgan fingerprint density at radius 2 is 2.27 bits per heavy atom. The zero-order chi connectivity index (χ0) is 15.5. The van der Waals surface area contributed by atoms with Gasteiger partial charge in [0.05, 0.1) is 6.10 Å². The van der Waals surface area contributed by atoms with E-state index in [0.29, 0.717) is 29.9 Å². The molecule has 0 atom stereocenters. The summed E-state index contributed by atoms with van der Waals surface area (Å²) in [6.07, 6.45) is 0.898. The monoisotopic (exact) mass is 325 g/mol. The van der Waals surface area contributed by atoms with Crippen LogP contribution < -0.4 is 0 Å². The van der Waals surface area contributed by atoms with E-state index in [4.69, 9.17) is 20.9 Å². The van der Waals surface area contributed by atoms with Gasteiger partial charge >= 0.3 is 0 Å². The quantitative estimate of drug-likeness (QED) is 0.817. The maximum absolute atomic E-state index is 13.0. The van der Waals surface area contributed by atoms with E-state index in [0.717, 1.165) is 25.1 Å². The molecule has 1 aromatic heterocycles. The molecule has 118 valence electrons. The van der Waals surface area contributed by atoms with Crippen LogP contribution in [0.5, 0.6) is 0 Å². The Labute approximate surface area is 133 Å². The summed E-state index contributed by atoms with van der Waals surface area (Å²) in [4.78, 5) is 6.39. The summed E-state index contributed by atoms with van der Waals surface area (Å²) in [5.41, 5.74) is 0.922. The molecule has 0 spiro atoms. The first kappa shape index (κ1) is 15.4. The van der Waals surface area contributed by atoms with E-state index in [1.54, 1.807) is 6.07 Å². The van der Waals surface area contributed by atoms with Crippen LogP contribution in [0.2, 0.25) is 5.02 Å². The Morgan fingerprint density at radius 3 is 2.95 bits per heavy atom. The van der Waals surface area contributed by atoms with Gasteiger partial charge in [-0.25, -0.2) is 4.39 Å². The predicted molar refractivity (Wildman–Crippen MR) is 78.9 cm³/mol. The first-order valence-electron chi connectivity index (χ1n) is 7.23. The van der Waals surface area contributed by atoms with Gasteiger partial charge in [0, 0.05) is 31.1 Å². The highest BCUT2D eigenvalue weighted by Crippen LogP contribution is 2.22. The number of halogens is 2.